The molecule has 0 unspecified atom stereocenters. The number of aryl methyl sites for hydroxylation is 1. The highest BCUT2D eigenvalue weighted by Crippen LogP contribution is 2.17. The zero-order valence-corrected chi connectivity index (χ0v) is 12.9. The fourth-order valence-corrected chi connectivity index (χ4v) is 1.89. The minimum absolute atomic E-state index is 0.0301. The van der Waals surface area contributed by atoms with Crippen molar-refractivity contribution in [1.29, 1.82) is 0 Å². The van der Waals surface area contributed by atoms with Gasteiger partial charge in [0, 0.05) is 12.1 Å². The molecule has 0 aliphatic carbocycles. The van der Waals surface area contributed by atoms with Gasteiger partial charge in [0.1, 0.15) is 6.54 Å². The summed E-state index contributed by atoms with van der Waals surface area (Å²) in [5.41, 5.74) is 2.93. The predicted octanol–water partition coefficient (Wildman–Crippen LogP) is 1.88. The fraction of sp³-hybridized carbons (Fsp3) is 0.333. The van der Waals surface area contributed by atoms with Crippen LogP contribution in [0.2, 0.25) is 0 Å². The van der Waals surface area contributed by atoms with Crippen molar-refractivity contribution >= 4 is 23.3 Å². The number of hydrogen-bond donors (Lipinski definition) is 2. The molecule has 116 valence electrons. The van der Waals surface area contributed by atoms with E-state index in [9.17, 15) is 9.59 Å². The van der Waals surface area contributed by atoms with Crippen LogP contribution >= 0.6 is 0 Å². The number of hydrogen-bond acceptors (Lipinski definition) is 4. The molecular weight excluding hydrogens is 282 g/mol. The molecule has 0 fully saturated rings. The molecular formula is C15H19N5O2. The summed E-state index contributed by atoms with van der Waals surface area (Å²) in [4.78, 5) is 23.3. The van der Waals surface area contributed by atoms with Crippen molar-refractivity contribution in [3.8, 4) is 0 Å². The lowest BCUT2D eigenvalue weighted by atomic mass is 10.1. The standard InChI is InChI=1S/C15H19N5O2/c1-4-14(21)17-13-8-20(19-18-13)9-15(22)16-12-7-5-6-10(2)11(12)3/h5-8H,4,9H2,1-3H3,(H,16,22)(H,17,21). The Hall–Kier alpha value is -2.70. The van der Waals surface area contributed by atoms with E-state index >= 15 is 0 Å². The highest BCUT2D eigenvalue weighted by Gasteiger charge is 2.09. The van der Waals surface area contributed by atoms with E-state index in [0.717, 1.165) is 16.8 Å². The van der Waals surface area contributed by atoms with Gasteiger partial charge in [0.15, 0.2) is 5.82 Å². The molecule has 7 nitrogen and oxygen atoms in total. The van der Waals surface area contributed by atoms with E-state index in [2.05, 4.69) is 20.9 Å². The Labute approximate surface area is 128 Å². The van der Waals surface area contributed by atoms with Crippen LogP contribution < -0.4 is 10.6 Å². The Morgan fingerprint density at radius 2 is 1.95 bits per heavy atom. The van der Waals surface area contributed by atoms with Gasteiger partial charge in [0.25, 0.3) is 0 Å². The minimum Gasteiger partial charge on any atom is -0.324 e. The Bertz CT molecular complexity index is 693. The summed E-state index contributed by atoms with van der Waals surface area (Å²) in [6.45, 7) is 5.73. The molecule has 2 aromatic rings. The molecule has 2 amide bonds. The molecule has 0 aliphatic heterocycles. The van der Waals surface area contributed by atoms with E-state index in [4.69, 9.17) is 0 Å². The van der Waals surface area contributed by atoms with Gasteiger partial charge in [0.05, 0.1) is 6.20 Å². The van der Waals surface area contributed by atoms with Crippen molar-refractivity contribution in [3.05, 3.63) is 35.5 Å². The van der Waals surface area contributed by atoms with Crippen LogP contribution in [0.3, 0.4) is 0 Å². The molecule has 7 heteroatoms. The SMILES string of the molecule is CCC(=O)Nc1cn(CC(=O)Nc2cccc(C)c2C)nn1. The first-order valence-corrected chi connectivity index (χ1v) is 7.05. The molecule has 1 aromatic heterocycles. The largest absolute Gasteiger partial charge is 0.324 e. The lowest BCUT2D eigenvalue weighted by molar-refractivity contribution is -0.117. The van der Waals surface area contributed by atoms with Crippen LogP contribution in [0.5, 0.6) is 0 Å². The lowest BCUT2D eigenvalue weighted by Crippen LogP contribution is -2.19. The highest BCUT2D eigenvalue weighted by atomic mass is 16.2. The monoisotopic (exact) mass is 301 g/mol. The van der Waals surface area contributed by atoms with E-state index in [1.165, 1.54) is 10.9 Å². The van der Waals surface area contributed by atoms with E-state index in [-0.39, 0.29) is 18.4 Å². The highest BCUT2D eigenvalue weighted by molar-refractivity contribution is 5.91. The zero-order chi connectivity index (χ0) is 16.1. The average molecular weight is 301 g/mol. The molecule has 0 spiro atoms. The van der Waals surface area contributed by atoms with Gasteiger partial charge in [0.2, 0.25) is 11.8 Å². The molecule has 22 heavy (non-hydrogen) atoms. The Morgan fingerprint density at radius 1 is 1.18 bits per heavy atom. The summed E-state index contributed by atoms with van der Waals surface area (Å²) < 4.78 is 1.38. The molecule has 0 aliphatic rings. The molecule has 0 bridgehead atoms. The Morgan fingerprint density at radius 3 is 2.68 bits per heavy atom. The lowest BCUT2D eigenvalue weighted by Gasteiger charge is -2.10. The number of carbonyl (C=O) groups is 2. The second-order valence-corrected chi connectivity index (χ2v) is 5.00. The van der Waals surface area contributed by atoms with Crippen LogP contribution in [0.4, 0.5) is 11.5 Å². The maximum Gasteiger partial charge on any atom is 0.246 e. The van der Waals surface area contributed by atoms with Gasteiger partial charge >= 0.3 is 0 Å². The van der Waals surface area contributed by atoms with Crippen LogP contribution in [0, 0.1) is 13.8 Å². The second kappa shape index (κ2) is 6.84. The van der Waals surface area contributed by atoms with Gasteiger partial charge in [-0.05, 0) is 31.0 Å². The van der Waals surface area contributed by atoms with Gasteiger partial charge in [-0.15, -0.1) is 5.10 Å². The summed E-state index contributed by atoms with van der Waals surface area (Å²) in [5.74, 6) is -0.00904. The van der Waals surface area contributed by atoms with Crippen LogP contribution in [-0.4, -0.2) is 26.8 Å². The number of carbonyl (C=O) groups excluding carboxylic acids is 2. The van der Waals surface area contributed by atoms with E-state index in [1.807, 2.05) is 32.0 Å². The molecule has 1 aromatic carbocycles. The third kappa shape index (κ3) is 3.91. The van der Waals surface area contributed by atoms with Crippen molar-refractivity contribution in [3.63, 3.8) is 0 Å². The molecule has 1 heterocycles. The van der Waals surface area contributed by atoms with Crippen LogP contribution in [0.15, 0.2) is 24.4 Å². The van der Waals surface area contributed by atoms with Crippen molar-refractivity contribution < 1.29 is 9.59 Å². The Kier molecular flexibility index (Phi) is 4.88. The number of anilines is 2. The minimum atomic E-state index is -0.202. The first-order chi connectivity index (χ1) is 10.5. The number of nitrogens with zero attached hydrogens (tertiary/aromatic N) is 3. The first-order valence-electron chi connectivity index (χ1n) is 7.05. The second-order valence-electron chi connectivity index (χ2n) is 5.00. The maximum atomic E-state index is 12.0. The van der Waals surface area contributed by atoms with E-state index in [1.54, 1.807) is 6.92 Å². The van der Waals surface area contributed by atoms with Gasteiger partial charge in [-0.1, -0.05) is 24.3 Å². The summed E-state index contributed by atoms with van der Waals surface area (Å²) in [6, 6.07) is 5.74. The molecule has 0 radical (unpaired) electrons. The number of benzene rings is 1. The summed E-state index contributed by atoms with van der Waals surface area (Å²) in [5, 5.41) is 13.0. The molecule has 2 rings (SSSR count). The first kappa shape index (κ1) is 15.7. The van der Waals surface area contributed by atoms with E-state index < -0.39 is 0 Å². The van der Waals surface area contributed by atoms with Gasteiger partial charge in [-0.3, -0.25) is 9.59 Å². The van der Waals surface area contributed by atoms with Crippen molar-refractivity contribution in [2.75, 3.05) is 10.6 Å². The Balaban J connectivity index is 1.97. The molecule has 0 saturated carbocycles. The maximum absolute atomic E-state index is 12.0. The van der Waals surface area contributed by atoms with Gasteiger partial charge in [-0.25, -0.2) is 4.68 Å². The number of nitrogens with one attached hydrogen (secondary N) is 2. The summed E-state index contributed by atoms with van der Waals surface area (Å²) in [6.07, 6.45) is 1.89. The van der Waals surface area contributed by atoms with Gasteiger partial charge in [-0.2, -0.15) is 0 Å². The quantitative estimate of drug-likeness (QED) is 0.882. The third-order valence-corrected chi connectivity index (χ3v) is 3.31. The molecule has 2 N–H and O–H groups in total. The zero-order valence-electron chi connectivity index (χ0n) is 12.9. The van der Waals surface area contributed by atoms with Crippen LogP contribution in [-0.2, 0) is 16.1 Å². The van der Waals surface area contributed by atoms with Crippen LogP contribution in [0.25, 0.3) is 0 Å². The summed E-state index contributed by atoms with van der Waals surface area (Å²) >= 11 is 0. The van der Waals surface area contributed by atoms with Crippen LogP contribution in [0.1, 0.15) is 24.5 Å². The topological polar surface area (TPSA) is 88.9 Å². The summed E-state index contributed by atoms with van der Waals surface area (Å²) in [7, 11) is 0. The smallest absolute Gasteiger partial charge is 0.246 e. The van der Waals surface area contributed by atoms with Crippen molar-refractivity contribution in [2.45, 2.75) is 33.7 Å². The molecule has 0 saturated heterocycles. The predicted molar refractivity (Wildman–Crippen MR) is 83.5 cm³/mol. The molecule has 0 atom stereocenters. The number of amides is 2. The average Bonchev–Trinajstić information content (AvgIpc) is 2.90. The van der Waals surface area contributed by atoms with Crippen molar-refractivity contribution in [2.24, 2.45) is 0 Å². The van der Waals surface area contributed by atoms with Gasteiger partial charge < -0.3 is 10.6 Å². The number of rotatable bonds is 5. The fourth-order valence-electron chi connectivity index (χ4n) is 1.89. The van der Waals surface area contributed by atoms with E-state index in [0.29, 0.717) is 12.2 Å². The number of aromatic nitrogens is 3. The third-order valence-electron chi connectivity index (χ3n) is 3.31. The normalized spacial score (nSPS) is 10.3. The van der Waals surface area contributed by atoms with Crippen molar-refractivity contribution in [1.82, 2.24) is 15.0 Å².